The molecule has 1 saturated heterocycles. The third kappa shape index (κ3) is 5.51. The molecule has 4 N–H and O–H groups in total. The van der Waals surface area contributed by atoms with Crippen LogP contribution >= 0.6 is 23.2 Å². The molecule has 0 radical (unpaired) electrons. The van der Waals surface area contributed by atoms with Crippen molar-refractivity contribution < 1.29 is 24.2 Å². The van der Waals surface area contributed by atoms with E-state index in [1.54, 1.807) is 30.3 Å². The Balaban J connectivity index is 1.67. The zero-order valence-electron chi connectivity index (χ0n) is 22.3. The third-order valence-electron chi connectivity index (χ3n) is 6.99. The van der Waals surface area contributed by atoms with Gasteiger partial charge in [-0.25, -0.2) is 14.8 Å². The first-order chi connectivity index (χ1) is 19.7. The van der Waals surface area contributed by atoms with Crippen LogP contribution in [0.1, 0.15) is 26.5 Å². The van der Waals surface area contributed by atoms with E-state index in [-0.39, 0.29) is 26.8 Å². The first-order valence-electron chi connectivity index (χ1n) is 12.7. The fraction of sp³-hybridized carbons (Fsp3) is 0.241. The molecule has 0 atom stereocenters. The molecule has 1 aliphatic heterocycles. The van der Waals surface area contributed by atoms with E-state index in [1.807, 2.05) is 6.07 Å². The van der Waals surface area contributed by atoms with E-state index in [4.69, 9.17) is 38.4 Å². The average molecular weight is 596 g/mol. The summed E-state index contributed by atoms with van der Waals surface area (Å²) in [6.07, 6.45) is 0. The standard InChI is InChI=1S/C29H27Cl2N5O5/c1-40-21-13-22(41-2)25(31)23(24(21)30)16-5-6-19(29(38)39)26-17(16)7-8-20(35-26)18-4-3-15(34-27(18)28(32)37)14-36-11-9-33-10-12-36/h3-8,13,33H,9-12,14H2,1-2H3,(H2,32,37)(H,38,39). The first kappa shape index (κ1) is 28.6. The number of amides is 1. The van der Waals surface area contributed by atoms with Crippen molar-refractivity contribution in [3.05, 3.63) is 69.5 Å². The van der Waals surface area contributed by atoms with Crippen LogP contribution in [0.4, 0.5) is 0 Å². The molecule has 10 nitrogen and oxygen atoms in total. The number of benzene rings is 2. The molecule has 0 aliphatic carbocycles. The van der Waals surface area contributed by atoms with Crippen molar-refractivity contribution in [2.45, 2.75) is 6.54 Å². The normalized spacial score (nSPS) is 13.8. The van der Waals surface area contributed by atoms with Gasteiger partial charge in [-0.2, -0.15) is 0 Å². The lowest BCUT2D eigenvalue weighted by Crippen LogP contribution is -2.43. The number of primary amides is 1. The largest absolute Gasteiger partial charge is 0.495 e. The average Bonchev–Trinajstić information content (AvgIpc) is 2.97. The minimum Gasteiger partial charge on any atom is -0.495 e. The van der Waals surface area contributed by atoms with Gasteiger partial charge in [0.15, 0.2) is 0 Å². The van der Waals surface area contributed by atoms with Crippen LogP contribution in [0.25, 0.3) is 33.3 Å². The summed E-state index contributed by atoms with van der Waals surface area (Å²) in [5.74, 6) is -1.22. The monoisotopic (exact) mass is 595 g/mol. The molecule has 0 spiro atoms. The van der Waals surface area contributed by atoms with E-state index in [0.29, 0.717) is 51.5 Å². The van der Waals surface area contributed by atoms with Gasteiger partial charge in [0, 0.05) is 55.3 Å². The Labute approximate surface area is 246 Å². The summed E-state index contributed by atoms with van der Waals surface area (Å²) < 4.78 is 10.8. The number of aromatic nitrogens is 2. The highest BCUT2D eigenvalue weighted by Gasteiger charge is 2.24. The lowest BCUT2D eigenvalue weighted by molar-refractivity contribution is 0.0698. The Kier molecular flexibility index (Phi) is 8.27. The highest BCUT2D eigenvalue weighted by Crippen LogP contribution is 2.48. The van der Waals surface area contributed by atoms with Gasteiger partial charge in [0.1, 0.15) is 17.2 Å². The summed E-state index contributed by atoms with van der Waals surface area (Å²) >= 11 is 13.4. The van der Waals surface area contributed by atoms with E-state index in [0.717, 1.165) is 26.2 Å². The molecule has 2 aromatic carbocycles. The molecule has 1 amide bonds. The number of nitrogens with zero attached hydrogens (tertiary/aromatic N) is 3. The topological polar surface area (TPSA) is 140 Å². The molecular formula is C29H27Cl2N5O5. The molecule has 0 saturated carbocycles. The Morgan fingerprint density at radius 2 is 1.63 bits per heavy atom. The summed E-state index contributed by atoms with van der Waals surface area (Å²) in [7, 11) is 2.94. The maximum atomic E-state index is 12.5. The molecule has 1 aliphatic rings. The van der Waals surface area contributed by atoms with Gasteiger partial charge < -0.3 is 25.6 Å². The van der Waals surface area contributed by atoms with Crippen molar-refractivity contribution in [3.8, 4) is 33.9 Å². The Morgan fingerprint density at radius 1 is 0.976 bits per heavy atom. The van der Waals surface area contributed by atoms with Crippen molar-refractivity contribution in [1.82, 2.24) is 20.2 Å². The van der Waals surface area contributed by atoms with Crippen LogP contribution in [0.15, 0.2) is 42.5 Å². The number of methoxy groups -OCH3 is 2. The number of nitrogens with one attached hydrogen (secondary N) is 1. The predicted octanol–water partition coefficient (Wildman–Crippen LogP) is 4.49. The van der Waals surface area contributed by atoms with E-state index in [9.17, 15) is 14.7 Å². The van der Waals surface area contributed by atoms with Crippen LogP contribution < -0.4 is 20.5 Å². The van der Waals surface area contributed by atoms with E-state index >= 15 is 0 Å². The number of hydrogen-bond acceptors (Lipinski definition) is 8. The van der Waals surface area contributed by atoms with Crippen LogP contribution in [0.5, 0.6) is 11.5 Å². The number of carboxylic acid groups (broad SMARTS) is 1. The van der Waals surface area contributed by atoms with Gasteiger partial charge in [-0.1, -0.05) is 29.3 Å². The quantitative estimate of drug-likeness (QED) is 0.268. The second-order valence-corrected chi connectivity index (χ2v) is 10.2. The highest BCUT2D eigenvalue weighted by atomic mass is 35.5. The van der Waals surface area contributed by atoms with Crippen LogP contribution in [0.2, 0.25) is 10.0 Å². The van der Waals surface area contributed by atoms with E-state index < -0.39 is 11.9 Å². The van der Waals surface area contributed by atoms with Gasteiger partial charge in [0.25, 0.3) is 5.91 Å². The number of hydrogen-bond donors (Lipinski definition) is 3. The van der Waals surface area contributed by atoms with Crippen molar-refractivity contribution in [1.29, 1.82) is 0 Å². The Bertz CT molecular complexity index is 1650. The van der Waals surface area contributed by atoms with Crippen LogP contribution in [0.3, 0.4) is 0 Å². The van der Waals surface area contributed by atoms with E-state index in [2.05, 4.69) is 20.2 Å². The smallest absolute Gasteiger partial charge is 0.337 e. The number of carboxylic acids is 1. The molecule has 1 fully saturated rings. The zero-order chi connectivity index (χ0) is 29.3. The number of aromatic carboxylic acids is 1. The van der Waals surface area contributed by atoms with Crippen molar-refractivity contribution in [3.63, 3.8) is 0 Å². The fourth-order valence-electron chi connectivity index (χ4n) is 4.96. The molecule has 0 bridgehead atoms. The van der Waals surface area contributed by atoms with Crippen LogP contribution in [-0.2, 0) is 6.54 Å². The van der Waals surface area contributed by atoms with Crippen molar-refractivity contribution in [2.75, 3.05) is 40.4 Å². The molecule has 0 unspecified atom stereocenters. The van der Waals surface area contributed by atoms with Crippen LogP contribution in [-0.4, -0.2) is 72.2 Å². The number of fused-ring (bicyclic) bond motifs is 1. The summed E-state index contributed by atoms with van der Waals surface area (Å²) in [5.41, 5.74) is 8.27. The highest BCUT2D eigenvalue weighted by molar-refractivity contribution is 6.41. The summed E-state index contributed by atoms with van der Waals surface area (Å²) in [6.45, 7) is 4.08. The minimum atomic E-state index is -1.17. The van der Waals surface area contributed by atoms with Gasteiger partial charge in [0.05, 0.1) is 46.7 Å². The second kappa shape index (κ2) is 11.9. The second-order valence-electron chi connectivity index (χ2n) is 9.43. The van der Waals surface area contributed by atoms with E-state index in [1.165, 1.54) is 20.3 Å². The maximum Gasteiger partial charge on any atom is 0.337 e. The SMILES string of the molecule is COc1cc(OC)c(Cl)c(-c2ccc(C(=O)O)c3nc(-c4ccc(CN5CCNCC5)nc4C(N)=O)ccc23)c1Cl. The van der Waals surface area contributed by atoms with Gasteiger partial charge in [-0.15, -0.1) is 0 Å². The number of piperazine rings is 1. The number of carbonyl (C=O) groups excluding carboxylic acids is 1. The number of halogens is 2. The van der Waals surface area contributed by atoms with Gasteiger partial charge in [-0.3, -0.25) is 9.69 Å². The molecular weight excluding hydrogens is 569 g/mol. The zero-order valence-corrected chi connectivity index (χ0v) is 23.8. The van der Waals surface area contributed by atoms with Gasteiger partial charge in [0.2, 0.25) is 0 Å². The van der Waals surface area contributed by atoms with Crippen LogP contribution in [0, 0.1) is 0 Å². The minimum absolute atomic E-state index is 0.0448. The summed E-state index contributed by atoms with van der Waals surface area (Å²) in [5, 5.41) is 14.2. The number of pyridine rings is 2. The number of carbonyl (C=O) groups is 2. The lowest BCUT2D eigenvalue weighted by Gasteiger charge is -2.26. The molecule has 3 heterocycles. The summed E-state index contributed by atoms with van der Waals surface area (Å²) in [4.78, 5) is 36.2. The number of nitrogens with two attached hydrogens (primary N) is 1. The van der Waals surface area contributed by atoms with Gasteiger partial charge in [-0.05, 0) is 35.9 Å². The summed E-state index contributed by atoms with van der Waals surface area (Å²) in [6, 6.07) is 11.6. The predicted molar refractivity (Wildman–Crippen MR) is 157 cm³/mol. The Morgan fingerprint density at radius 3 is 2.24 bits per heavy atom. The number of ether oxygens (including phenoxy) is 2. The molecule has 2 aromatic heterocycles. The molecule has 5 rings (SSSR count). The molecule has 41 heavy (non-hydrogen) atoms. The lowest BCUT2D eigenvalue weighted by atomic mass is 9.96. The first-order valence-corrected chi connectivity index (χ1v) is 13.5. The fourth-order valence-corrected chi connectivity index (χ4v) is 5.66. The molecule has 12 heteroatoms. The van der Waals surface area contributed by atoms with Crippen molar-refractivity contribution in [2.24, 2.45) is 5.73 Å². The molecule has 4 aromatic rings. The third-order valence-corrected chi connectivity index (χ3v) is 7.74. The van der Waals surface area contributed by atoms with Gasteiger partial charge >= 0.3 is 5.97 Å². The molecule has 212 valence electrons. The Hall–Kier alpha value is -3.96. The van der Waals surface area contributed by atoms with Crippen molar-refractivity contribution >= 4 is 46.0 Å². The number of rotatable bonds is 8. The maximum absolute atomic E-state index is 12.5.